The number of pyridine rings is 1. The van der Waals surface area contributed by atoms with E-state index in [-0.39, 0.29) is 0 Å². The zero-order valence-electron chi connectivity index (χ0n) is 7.06. The molecule has 0 aromatic carbocycles. The second kappa shape index (κ2) is 2.79. The third-order valence-corrected chi connectivity index (χ3v) is 1.89. The highest BCUT2D eigenvalue weighted by Crippen LogP contribution is 2.17. The Morgan fingerprint density at radius 1 is 1.62 bits per heavy atom. The summed E-state index contributed by atoms with van der Waals surface area (Å²) in [5, 5.41) is 9.67. The first-order chi connectivity index (χ1) is 6.36. The largest absolute Gasteiger partial charge is 0.417 e. The minimum absolute atomic E-state index is 0.597. The Balaban J connectivity index is 2.84. The van der Waals surface area contributed by atoms with Crippen LogP contribution in [0.2, 0.25) is 0 Å². The second-order valence-corrected chi connectivity index (χ2v) is 2.56. The predicted octanol–water partition coefficient (Wildman–Crippen LogP) is 0.966. The van der Waals surface area contributed by atoms with Crippen molar-refractivity contribution in [3.05, 3.63) is 30.2 Å². The fourth-order valence-corrected chi connectivity index (χ4v) is 1.29. The predicted molar refractivity (Wildman–Crippen MR) is 47.0 cm³/mol. The molecule has 2 aromatic rings. The van der Waals surface area contributed by atoms with E-state index in [2.05, 4.69) is 11.1 Å². The van der Waals surface area contributed by atoms with Crippen molar-refractivity contribution < 1.29 is 4.84 Å². The van der Waals surface area contributed by atoms with Gasteiger partial charge >= 0.3 is 0 Å². The highest BCUT2D eigenvalue weighted by atomic mass is 16.6. The second-order valence-electron chi connectivity index (χ2n) is 2.56. The van der Waals surface area contributed by atoms with E-state index in [1.54, 1.807) is 31.8 Å². The number of nitrogens with zero attached hydrogens (tertiary/aromatic N) is 3. The first-order valence-corrected chi connectivity index (χ1v) is 3.76. The number of hydrogen-bond acceptors (Lipinski definition) is 3. The van der Waals surface area contributed by atoms with Gasteiger partial charge in [0.15, 0.2) is 0 Å². The zero-order valence-corrected chi connectivity index (χ0v) is 7.06. The van der Waals surface area contributed by atoms with Crippen LogP contribution in [0, 0.1) is 11.3 Å². The van der Waals surface area contributed by atoms with Gasteiger partial charge in [-0.3, -0.25) is 4.98 Å². The average Bonchev–Trinajstić information content (AvgIpc) is 2.56. The van der Waals surface area contributed by atoms with Gasteiger partial charge in [0, 0.05) is 11.6 Å². The lowest BCUT2D eigenvalue weighted by molar-refractivity contribution is 0.179. The number of rotatable bonds is 1. The summed E-state index contributed by atoms with van der Waals surface area (Å²) in [6, 6.07) is 3.89. The fourth-order valence-electron chi connectivity index (χ4n) is 1.29. The topological polar surface area (TPSA) is 50.8 Å². The van der Waals surface area contributed by atoms with Crippen LogP contribution in [0.4, 0.5) is 0 Å². The van der Waals surface area contributed by atoms with Crippen molar-refractivity contribution in [3.63, 3.8) is 0 Å². The molecule has 0 bridgehead atoms. The van der Waals surface area contributed by atoms with Gasteiger partial charge in [-0.1, -0.05) is 0 Å². The van der Waals surface area contributed by atoms with Gasteiger partial charge < -0.3 is 4.84 Å². The summed E-state index contributed by atoms with van der Waals surface area (Å²) in [4.78, 5) is 8.99. The van der Waals surface area contributed by atoms with Crippen LogP contribution in [0.1, 0.15) is 5.56 Å². The maximum atomic E-state index is 8.81. The van der Waals surface area contributed by atoms with Crippen molar-refractivity contribution in [2.24, 2.45) is 0 Å². The van der Waals surface area contributed by atoms with Crippen LogP contribution in [-0.4, -0.2) is 16.8 Å². The number of hydrogen-bond donors (Lipinski definition) is 0. The molecular formula is C9H7N3O. The van der Waals surface area contributed by atoms with Crippen LogP contribution in [0.15, 0.2) is 24.7 Å². The summed E-state index contributed by atoms with van der Waals surface area (Å²) in [7, 11) is 1.55. The number of aromatic nitrogens is 2. The molecular weight excluding hydrogens is 166 g/mol. The quantitative estimate of drug-likeness (QED) is 0.645. The van der Waals surface area contributed by atoms with Gasteiger partial charge in [0.1, 0.15) is 18.7 Å². The fraction of sp³-hybridized carbons (Fsp3) is 0.111. The molecule has 0 radical (unpaired) electrons. The molecule has 0 saturated heterocycles. The van der Waals surface area contributed by atoms with Crippen molar-refractivity contribution in [1.82, 2.24) is 9.71 Å². The van der Waals surface area contributed by atoms with Crippen LogP contribution in [0.3, 0.4) is 0 Å². The van der Waals surface area contributed by atoms with Crippen molar-refractivity contribution in [1.29, 1.82) is 5.26 Å². The first-order valence-electron chi connectivity index (χ1n) is 3.76. The summed E-state index contributed by atoms with van der Waals surface area (Å²) in [5.74, 6) is 0. The Kier molecular flexibility index (Phi) is 1.64. The molecule has 0 amide bonds. The SMILES string of the molecule is COn1cc(C#N)c2ccncc21. The van der Waals surface area contributed by atoms with E-state index in [4.69, 9.17) is 10.1 Å². The summed E-state index contributed by atoms with van der Waals surface area (Å²) in [5.41, 5.74) is 1.40. The molecule has 0 aliphatic rings. The summed E-state index contributed by atoms with van der Waals surface area (Å²) in [6.07, 6.45) is 4.97. The van der Waals surface area contributed by atoms with E-state index in [1.165, 1.54) is 4.73 Å². The van der Waals surface area contributed by atoms with E-state index in [1.807, 2.05) is 0 Å². The number of fused-ring (bicyclic) bond motifs is 1. The molecule has 13 heavy (non-hydrogen) atoms. The van der Waals surface area contributed by atoms with Gasteiger partial charge in [0.25, 0.3) is 0 Å². The normalized spacial score (nSPS) is 9.85. The third kappa shape index (κ3) is 1.02. The Bertz CT molecular complexity index is 481. The highest BCUT2D eigenvalue weighted by Gasteiger charge is 2.06. The van der Waals surface area contributed by atoms with Crippen LogP contribution in [0.25, 0.3) is 10.9 Å². The van der Waals surface area contributed by atoms with Gasteiger partial charge in [0.2, 0.25) is 0 Å². The molecule has 0 saturated carbocycles. The van der Waals surface area contributed by atoms with E-state index < -0.39 is 0 Å². The molecule has 2 rings (SSSR count). The van der Waals surface area contributed by atoms with Crippen molar-refractivity contribution >= 4 is 10.9 Å². The van der Waals surface area contributed by atoms with E-state index in [9.17, 15) is 0 Å². The molecule has 0 fully saturated rings. The third-order valence-electron chi connectivity index (χ3n) is 1.89. The molecule has 0 unspecified atom stereocenters. The van der Waals surface area contributed by atoms with Crippen molar-refractivity contribution in [2.45, 2.75) is 0 Å². The maximum Gasteiger partial charge on any atom is 0.106 e. The van der Waals surface area contributed by atoms with Crippen LogP contribution >= 0.6 is 0 Å². The van der Waals surface area contributed by atoms with Gasteiger partial charge in [-0.15, -0.1) is 0 Å². The minimum atomic E-state index is 0.597. The molecule has 2 aromatic heterocycles. The van der Waals surface area contributed by atoms with Crippen LogP contribution in [0.5, 0.6) is 0 Å². The van der Waals surface area contributed by atoms with Crippen LogP contribution in [-0.2, 0) is 0 Å². The van der Waals surface area contributed by atoms with Gasteiger partial charge in [-0.05, 0) is 6.07 Å². The standard InChI is InChI=1S/C9H7N3O/c1-13-12-6-7(4-10)8-2-3-11-5-9(8)12/h2-3,5-6H,1H3. The van der Waals surface area contributed by atoms with Crippen molar-refractivity contribution in [2.75, 3.05) is 7.11 Å². The lowest BCUT2D eigenvalue weighted by Gasteiger charge is -1.99. The molecule has 4 heteroatoms. The summed E-state index contributed by atoms with van der Waals surface area (Å²) < 4.78 is 1.53. The Morgan fingerprint density at radius 2 is 2.46 bits per heavy atom. The number of nitriles is 1. The lowest BCUT2D eigenvalue weighted by atomic mass is 10.2. The molecule has 4 nitrogen and oxygen atoms in total. The molecule has 2 heterocycles. The smallest absolute Gasteiger partial charge is 0.106 e. The minimum Gasteiger partial charge on any atom is -0.417 e. The first kappa shape index (κ1) is 7.62. The van der Waals surface area contributed by atoms with E-state index in [0.29, 0.717) is 5.56 Å². The molecule has 64 valence electrons. The molecule has 0 aliphatic heterocycles. The highest BCUT2D eigenvalue weighted by molar-refractivity contribution is 5.85. The molecule has 0 N–H and O–H groups in total. The van der Waals surface area contributed by atoms with E-state index >= 15 is 0 Å². The lowest BCUT2D eigenvalue weighted by Crippen LogP contribution is -2.02. The summed E-state index contributed by atoms with van der Waals surface area (Å²) in [6.45, 7) is 0. The van der Waals surface area contributed by atoms with Gasteiger partial charge in [-0.25, -0.2) is 0 Å². The Morgan fingerprint density at radius 3 is 3.15 bits per heavy atom. The van der Waals surface area contributed by atoms with Gasteiger partial charge in [0.05, 0.1) is 18.0 Å². The van der Waals surface area contributed by atoms with E-state index in [0.717, 1.165) is 10.9 Å². The van der Waals surface area contributed by atoms with Crippen molar-refractivity contribution in [3.8, 4) is 6.07 Å². The zero-order chi connectivity index (χ0) is 9.26. The van der Waals surface area contributed by atoms with Crippen LogP contribution < -0.4 is 4.84 Å². The monoisotopic (exact) mass is 173 g/mol. The molecule has 0 aliphatic carbocycles. The average molecular weight is 173 g/mol. The summed E-state index contributed by atoms with van der Waals surface area (Å²) >= 11 is 0. The molecule has 0 atom stereocenters. The molecule has 0 spiro atoms. The maximum absolute atomic E-state index is 8.81. The van der Waals surface area contributed by atoms with Gasteiger partial charge in [-0.2, -0.15) is 9.99 Å². The Hall–Kier alpha value is -2.02. The Labute approximate surface area is 74.9 Å².